The summed E-state index contributed by atoms with van der Waals surface area (Å²) in [6.45, 7) is 5.36. The number of benzene rings is 1. The van der Waals surface area contributed by atoms with Gasteiger partial charge in [0.1, 0.15) is 0 Å². The standard InChI is InChI=1S/C18H24N4O2/c1-13-11-14(2)22(20-13)17-9-5-4-8-16(17)19-18(23)21(3)12-15-7-6-10-24-15/h4-5,8-9,11,15H,6-7,10,12H2,1-3H3,(H,19,23)/t15-/m0/s1. The fraction of sp³-hybridized carbons (Fsp3) is 0.444. The summed E-state index contributed by atoms with van der Waals surface area (Å²) in [6.07, 6.45) is 2.23. The predicted octanol–water partition coefficient (Wildman–Crippen LogP) is 3.13. The number of carbonyl (C=O) groups excluding carboxylic acids is 1. The lowest BCUT2D eigenvalue weighted by Gasteiger charge is -2.22. The zero-order valence-electron chi connectivity index (χ0n) is 14.5. The number of para-hydroxylation sites is 2. The summed E-state index contributed by atoms with van der Waals surface area (Å²) in [5.74, 6) is 0. The van der Waals surface area contributed by atoms with Crippen LogP contribution in [0.5, 0.6) is 0 Å². The molecule has 2 heterocycles. The van der Waals surface area contributed by atoms with Crippen LogP contribution in [0.2, 0.25) is 0 Å². The zero-order chi connectivity index (χ0) is 17.1. The Morgan fingerprint density at radius 2 is 2.21 bits per heavy atom. The van der Waals surface area contributed by atoms with Gasteiger partial charge >= 0.3 is 6.03 Å². The van der Waals surface area contributed by atoms with Crippen LogP contribution in [0.3, 0.4) is 0 Å². The third-order valence-corrected chi connectivity index (χ3v) is 4.23. The van der Waals surface area contributed by atoms with E-state index in [0.29, 0.717) is 6.54 Å². The molecular formula is C18H24N4O2. The minimum atomic E-state index is -0.139. The number of aromatic nitrogens is 2. The molecule has 1 aliphatic heterocycles. The average molecular weight is 328 g/mol. The number of anilines is 1. The molecule has 0 spiro atoms. The molecule has 0 unspecified atom stereocenters. The van der Waals surface area contributed by atoms with E-state index in [1.54, 1.807) is 11.9 Å². The lowest BCUT2D eigenvalue weighted by atomic mass is 10.2. The third-order valence-electron chi connectivity index (χ3n) is 4.23. The molecule has 0 bridgehead atoms. The van der Waals surface area contributed by atoms with Gasteiger partial charge in [-0.1, -0.05) is 12.1 Å². The van der Waals surface area contributed by atoms with Gasteiger partial charge in [0.15, 0.2) is 0 Å². The van der Waals surface area contributed by atoms with Crippen molar-refractivity contribution in [3.63, 3.8) is 0 Å². The highest BCUT2D eigenvalue weighted by atomic mass is 16.5. The molecule has 2 amide bonds. The van der Waals surface area contributed by atoms with E-state index in [0.717, 1.165) is 42.2 Å². The second kappa shape index (κ2) is 7.05. The zero-order valence-corrected chi connectivity index (χ0v) is 14.5. The Labute approximate surface area is 142 Å². The number of carbonyl (C=O) groups is 1. The van der Waals surface area contributed by atoms with Crippen LogP contribution in [0.25, 0.3) is 5.69 Å². The Morgan fingerprint density at radius 3 is 2.88 bits per heavy atom. The van der Waals surface area contributed by atoms with Crippen LogP contribution in [0, 0.1) is 13.8 Å². The molecular weight excluding hydrogens is 304 g/mol. The number of aryl methyl sites for hydroxylation is 2. The van der Waals surface area contributed by atoms with Gasteiger partial charge in [-0.15, -0.1) is 0 Å². The SMILES string of the molecule is Cc1cc(C)n(-c2ccccc2NC(=O)N(C)C[C@@H]2CCCO2)n1. The van der Waals surface area contributed by atoms with E-state index in [9.17, 15) is 4.79 Å². The van der Waals surface area contributed by atoms with Crippen LogP contribution in [0.15, 0.2) is 30.3 Å². The van der Waals surface area contributed by atoms with Crippen LogP contribution in [-0.2, 0) is 4.74 Å². The first-order valence-corrected chi connectivity index (χ1v) is 8.31. The van der Waals surface area contributed by atoms with Crippen molar-refractivity contribution >= 4 is 11.7 Å². The van der Waals surface area contributed by atoms with Gasteiger partial charge in [-0.25, -0.2) is 9.48 Å². The van der Waals surface area contributed by atoms with E-state index in [4.69, 9.17) is 4.74 Å². The molecule has 1 N–H and O–H groups in total. The van der Waals surface area contributed by atoms with Crippen LogP contribution in [-0.4, -0.2) is 47.0 Å². The van der Waals surface area contributed by atoms with E-state index in [2.05, 4.69) is 10.4 Å². The van der Waals surface area contributed by atoms with Gasteiger partial charge in [0.05, 0.1) is 23.2 Å². The first-order chi connectivity index (χ1) is 11.5. The highest BCUT2D eigenvalue weighted by Crippen LogP contribution is 2.22. The van der Waals surface area contributed by atoms with Gasteiger partial charge in [-0.3, -0.25) is 0 Å². The molecule has 1 aliphatic rings. The highest BCUT2D eigenvalue weighted by Gasteiger charge is 2.20. The molecule has 24 heavy (non-hydrogen) atoms. The quantitative estimate of drug-likeness (QED) is 0.938. The van der Waals surface area contributed by atoms with E-state index in [-0.39, 0.29) is 12.1 Å². The fourth-order valence-corrected chi connectivity index (χ4v) is 3.02. The number of hydrogen-bond acceptors (Lipinski definition) is 3. The van der Waals surface area contributed by atoms with Crippen LogP contribution < -0.4 is 5.32 Å². The Kier molecular flexibility index (Phi) is 4.85. The molecule has 0 saturated carbocycles. The summed E-state index contributed by atoms with van der Waals surface area (Å²) in [4.78, 5) is 14.2. The molecule has 6 nitrogen and oxygen atoms in total. The second-order valence-corrected chi connectivity index (χ2v) is 6.30. The topological polar surface area (TPSA) is 59.4 Å². The fourth-order valence-electron chi connectivity index (χ4n) is 3.02. The van der Waals surface area contributed by atoms with Crippen molar-refractivity contribution in [2.75, 3.05) is 25.5 Å². The van der Waals surface area contributed by atoms with E-state index < -0.39 is 0 Å². The number of hydrogen-bond donors (Lipinski definition) is 1. The van der Waals surface area contributed by atoms with E-state index in [1.165, 1.54) is 0 Å². The minimum Gasteiger partial charge on any atom is -0.376 e. The largest absolute Gasteiger partial charge is 0.376 e. The molecule has 1 saturated heterocycles. The Bertz CT molecular complexity index is 720. The molecule has 2 aromatic rings. The van der Waals surface area contributed by atoms with Crippen LogP contribution >= 0.6 is 0 Å². The molecule has 3 rings (SSSR count). The maximum atomic E-state index is 12.5. The molecule has 0 aliphatic carbocycles. The van der Waals surface area contributed by atoms with Crippen molar-refractivity contribution in [1.29, 1.82) is 0 Å². The van der Waals surface area contributed by atoms with Gasteiger partial charge in [0.25, 0.3) is 0 Å². The molecule has 1 aromatic carbocycles. The number of urea groups is 1. The molecule has 1 fully saturated rings. The van der Waals surface area contributed by atoms with Crippen molar-refractivity contribution in [2.24, 2.45) is 0 Å². The normalized spacial score (nSPS) is 17.0. The van der Waals surface area contributed by atoms with Crippen molar-refractivity contribution in [3.8, 4) is 5.69 Å². The number of nitrogens with zero attached hydrogens (tertiary/aromatic N) is 3. The number of rotatable bonds is 4. The maximum Gasteiger partial charge on any atom is 0.321 e. The molecule has 6 heteroatoms. The molecule has 1 aromatic heterocycles. The Hall–Kier alpha value is -2.34. The van der Waals surface area contributed by atoms with Gasteiger partial charge < -0.3 is 15.0 Å². The summed E-state index contributed by atoms with van der Waals surface area (Å²) in [7, 11) is 1.79. The Morgan fingerprint density at radius 1 is 1.42 bits per heavy atom. The maximum absolute atomic E-state index is 12.5. The van der Waals surface area contributed by atoms with Crippen LogP contribution in [0.1, 0.15) is 24.2 Å². The number of amides is 2. The molecule has 0 radical (unpaired) electrons. The van der Waals surface area contributed by atoms with E-state index in [1.807, 2.05) is 48.9 Å². The van der Waals surface area contributed by atoms with Crippen molar-refractivity contribution < 1.29 is 9.53 Å². The predicted molar refractivity (Wildman–Crippen MR) is 93.7 cm³/mol. The van der Waals surface area contributed by atoms with Gasteiger partial charge in [-0.05, 0) is 44.9 Å². The minimum absolute atomic E-state index is 0.139. The summed E-state index contributed by atoms with van der Waals surface area (Å²) >= 11 is 0. The van der Waals surface area contributed by atoms with Crippen molar-refractivity contribution in [1.82, 2.24) is 14.7 Å². The summed E-state index contributed by atoms with van der Waals surface area (Å²) in [6, 6.07) is 9.57. The van der Waals surface area contributed by atoms with Gasteiger partial charge in [-0.2, -0.15) is 5.10 Å². The van der Waals surface area contributed by atoms with Gasteiger partial charge in [0, 0.05) is 25.9 Å². The lowest BCUT2D eigenvalue weighted by Crippen LogP contribution is -2.37. The van der Waals surface area contributed by atoms with E-state index >= 15 is 0 Å². The lowest BCUT2D eigenvalue weighted by molar-refractivity contribution is 0.0894. The molecule has 1 atom stereocenters. The Balaban J connectivity index is 1.75. The number of nitrogens with one attached hydrogen (secondary N) is 1. The first kappa shape index (κ1) is 16.5. The second-order valence-electron chi connectivity index (χ2n) is 6.30. The monoisotopic (exact) mass is 328 g/mol. The third kappa shape index (κ3) is 3.59. The molecule has 128 valence electrons. The van der Waals surface area contributed by atoms with Gasteiger partial charge in [0.2, 0.25) is 0 Å². The average Bonchev–Trinajstić information content (AvgIpc) is 3.17. The van der Waals surface area contributed by atoms with Crippen molar-refractivity contribution in [2.45, 2.75) is 32.8 Å². The summed E-state index contributed by atoms with van der Waals surface area (Å²) in [5.41, 5.74) is 3.58. The number of likely N-dealkylation sites (N-methyl/N-ethyl adjacent to an activating group) is 1. The smallest absolute Gasteiger partial charge is 0.321 e. The van der Waals surface area contributed by atoms with Crippen LogP contribution in [0.4, 0.5) is 10.5 Å². The number of ether oxygens (including phenoxy) is 1. The highest BCUT2D eigenvalue weighted by molar-refractivity contribution is 5.91. The summed E-state index contributed by atoms with van der Waals surface area (Å²) < 4.78 is 7.45. The first-order valence-electron chi connectivity index (χ1n) is 8.31. The summed E-state index contributed by atoms with van der Waals surface area (Å²) in [5, 5.41) is 7.50. The van der Waals surface area contributed by atoms with Crippen molar-refractivity contribution in [3.05, 3.63) is 41.7 Å².